The lowest BCUT2D eigenvalue weighted by atomic mass is 10.1. The fourth-order valence-electron chi connectivity index (χ4n) is 2.35. The highest BCUT2D eigenvalue weighted by atomic mass is 16.1. The van der Waals surface area contributed by atoms with Crippen LogP contribution in [0.1, 0.15) is 21.7 Å². The van der Waals surface area contributed by atoms with Gasteiger partial charge in [0.2, 0.25) is 0 Å². The van der Waals surface area contributed by atoms with Crippen molar-refractivity contribution in [3.8, 4) is 11.3 Å². The predicted octanol–water partition coefficient (Wildman–Crippen LogP) is 3.43. The molecule has 19 heavy (non-hydrogen) atoms. The number of imidazole rings is 1. The number of aryl methyl sites for hydroxylation is 2. The molecule has 0 fully saturated rings. The van der Waals surface area contributed by atoms with Crippen LogP contribution in [0.15, 0.2) is 42.5 Å². The molecule has 94 valence electrons. The first-order valence-electron chi connectivity index (χ1n) is 6.21. The van der Waals surface area contributed by atoms with E-state index in [9.17, 15) is 4.79 Å². The first-order chi connectivity index (χ1) is 9.20. The van der Waals surface area contributed by atoms with E-state index in [4.69, 9.17) is 0 Å². The average Bonchev–Trinajstić information content (AvgIpc) is 2.77. The molecule has 3 heteroatoms. The summed E-state index contributed by atoms with van der Waals surface area (Å²) < 4.78 is 1.89. The maximum atomic E-state index is 11.1. The third kappa shape index (κ3) is 1.83. The van der Waals surface area contributed by atoms with Crippen molar-refractivity contribution in [2.24, 2.45) is 0 Å². The summed E-state index contributed by atoms with van der Waals surface area (Å²) in [5, 5.41) is 0. The minimum Gasteiger partial charge on any atom is -0.296 e. The molecule has 0 unspecified atom stereocenters. The van der Waals surface area contributed by atoms with E-state index in [1.54, 1.807) is 6.07 Å². The molecule has 0 saturated carbocycles. The van der Waals surface area contributed by atoms with Gasteiger partial charge >= 0.3 is 0 Å². The Morgan fingerprint density at radius 1 is 1.05 bits per heavy atom. The topological polar surface area (TPSA) is 34.4 Å². The van der Waals surface area contributed by atoms with E-state index in [0.29, 0.717) is 5.69 Å². The van der Waals surface area contributed by atoms with Gasteiger partial charge in [0.15, 0.2) is 6.29 Å². The van der Waals surface area contributed by atoms with Gasteiger partial charge in [-0.25, -0.2) is 4.98 Å². The molecule has 3 nitrogen and oxygen atoms in total. The Morgan fingerprint density at radius 2 is 1.79 bits per heavy atom. The van der Waals surface area contributed by atoms with E-state index in [1.165, 1.54) is 5.56 Å². The largest absolute Gasteiger partial charge is 0.296 e. The van der Waals surface area contributed by atoms with Crippen LogP contribution in [0.4, 0.5) is 0 Å². The van der Waals surface area contributed by atoms with Gasteiger partial charge in [0.25, 0.3) is 0 Å². The van der Waals surface area contributed by atoms with Gasteiger partial charge in [-0.05, 0) is 26.0 Å². The quantitative estimate of drug-likeness (QED) is 0.653. The Labute approximate surface area is 111 Å². The van der Waals surface area contributed by atoms with Crippen LogP contribution in [0.25, 0.3) is 16.9 Å². The van der Waals surface area contributed by atoms with E-state index in [2.05, 4.69) is 36.2 Å². The number of aldehydes is 1. The molecule has 0 atom stereocenters. The number of aromatic nitrogens is 2. The Kier molecular flexibility index (Phi) is 2.67. The summed E-state index contributed by atoms with van der Waals surface area (Å²) in [5.41, 5.74) is 5.64. The van der Waals surface area contributed by atoms with E-state index >= 15 is 0 Å². The second kappa shape index (κ2) is 4.35. The Hall–Kier alpha value is -2.42. The van der Waals surface area contributed by atoms with Crippen LogP contribution in [0.5, 0.6) is 0 Å². The first kappa shape index (κ1) is 11.7. The summed E-state index contributed by atoms with van der Waals surface area (Å²) >= 11 is 0. The highest BCUT2D eigenvalue weighted by Crippen LogP contribution is 2.24. The summed E-state index contributed by atoms with van der Waals surface area (Å²) in [6.45, 7) is 4.05. The maximum Gasteiger partial charge on any atom is 0.166 e. The second-order valence-corrected chi connectivity index (χ2v) is 4.67. The van der Waals surface area contributed by atoms with Gasteiger partial charge in [0.1, 0.15) is 5.65 Å². The zero-order valence-corrected chi connectivity index (χ0v) is 10.9. The van der Waals surface area contributed by atoms with Crippen LogP contribution in [0.2, 0.25) is 0 Å². The van der Waals surface area contributed by atoms with Crippen molar-refractivity contribution in [2.45, 2.75) is 13.8 Å². The summed E-state index contributed by atoms with van der Waals surface area (Å²) in [4.78, 5) is 15.7. The molecule has 0 aliphatic carbocycles. The smallest absolute Gasteiger partial charge is 0.166 e. The minimum absolute atomic E-state index is 0.626. The number of nitrogens with zero attached hydrogens (tertiary/aromatic N) is 2. The lowest BCUT2D eigenvalue weighted by Crippen LogP contribution is -1.96. The summed E-state index contributed by atoms with van der Waals surface area (Å²) in [6, 6.07) is 13.8. The number of carbonyl (C=O) groups is 1. The van der Waals surface area contributed by atoms with Gasteiger partial charge < -0.3 is 0 Å². The van der Waals surface area contributed by atoms with Crippen molar-refractivity contribution in [3.63, 3.8) is 0 Å². The number of pyridine rings is 1. The number of benzene rings is 1. The third-order valence-corrected chi connectivity index (χ3v) is 3.35. The lowest BCUT2D eigenvalue weighted by molar-refractivity contribution is 0.111. The van der Waals surface area contributed by atoms with Crippen molar-refractivity contribution in [3.05, 3.63) is 59.4 Å². The van der Waals surface area contributed by atoms with Gasteiger partial charge in [-0.2, -0.15) is 0 Å². The van der Waals surface area contributed by atoms with Crippen molar-refractivity contribution in [2.75, 3.05) is 0 Å². The van der Waals surface area contributed by atoms with Gasteiger partial charge in [-0.15, -0.1) is 0 Å². The molecule has 3 rings (SSSR count). The second-order valence-electron chi connectivity index (χ2n) is 4.67. The van der Waals surface area contributed by atoms with Crippen LogP contribution in [-0.4, -0.2) is 15.7 Å². The Bertz CT molecular complexity index is 754. The molecule has 0 radical (unpaired) electrons. The van der Waals surface area contributed by atoms with E-state index in [0.717, 1.165) is 28.9 Å². The van der Waals surface area contributed by atoms with E-state index < -0.39 is 0 Å². The maximum absolute atomic E-state index is 11.1. The average molecular weight is 250 g/mol. The molecular weight excluding hydrogens is 236 g/mol. The molecule has 1 aromatic carbocycles. The zero-order valence-electron chi connectivity index (χ0n) is 10.9. The number of carbonyl (C=O) groups excluding carboxylic acids is 1. The molecule has 3 aromatic rings. The fourth-order valence-corrected chi connectivity index (χ4v) is 2.35. The molecule has 0 N–H and O–H groups in total. The molecule has 2 heterocycles. The molecule has 0 spiro atoms. The molecule has 0 aliphatic heterocycles. The van der Waals surface area contributed by atoms with Crippen LogP contribution in [-0.2, 0) is 0 Å². The van der Waals surface area contributed by atoms with Crippen molar-refractivity contribution in [1.82, 2.24) is 9.38 Å². The van der Waals surface area contributed by atoms with E-state index in [-0.39, 0.29) is 0 Å². The standard InChI is InChI=1S/C16H14N2O/c1-11-6-8-13(9-7-11)16-12(2)18-14(10-19)4-3-5-15(18)17-16/h3-10H,1-2H3. The summed E-state index contributed by atoms with van der Waals surface area (Å²) in [5.74, 6) is 0. The normalized spacial score (nSPS) is 10.8. The van der Waals surface area contributed by atoms with Crippen LogP contribution in [0, 0.1) is 13.8 Å². The van der Waals surface area contributed by atoms with Crippen molar-refractivity contribution in [1.29, 1.82) is 0 Å². The van der Waals surface area contributed by atoms with Crippen LogP contribution >= 0.6 is 0 Å². The number of hydrogen-bond donors (Lipinski definition) is 0. The monoisotopic (exact) mass is 250 g/mol. The first-order valence-corrected chi connectivity index (χ1v) is 6.21. The highest BCUT2D eigenvalue weighted by Gasteiger charge is 2.12. The lowest BCUT2D eigenvalue weighted by Gasteiger charge is -2.02. The Morgan fingerprint density at radius 3 is 2.47 bits per heavy atom. The Balaban J connectivity index is 2.28. The van der Waals surface area contributed by atoms with Gasteiger partial charge in [0, 0.05) is 11.3 Å². The fraction of sp³-hybridized carbons (Fsp3) is 0.125. The minimum atomic E-state index is 0.626. The molecule has 0 amide bonds. The summed E-state index contributed by atoms with van der Waals surface area (Å²) in [6.07, 6.45) is 0.862. The molecule has 0 saturated heterocycles. The van der Waals surface area contributed by atoms with Gasteiger partial charge in [-0.3, -0.25) is 9.20 Å². The van der Waals surface area contributed by atoms with Gasteiger partial charge in [0.05, 0.1) is 11.4 Å². The van der Waals surface area contributed by atoms with E-state index in [1.807, 2.05) is 23.5 Å². The number of hydrogen-bond acceptors (Lipinski definition) is 2. The molecule has 0 bridgehead atoms. The third-order valence-electron chi connectivity index (χ3n) is 3.35. The van der Waals surface area contributed by atoms with Crippen molar-refractivity contribution >= 4 is 11.9 Å². The zero-order chi connectivity index (χ0) is 13.4. The van der Waals surface area contributed by atoms with Crippen LogP contribution < -0.4 is 0 Å². The van der Waals surface area contributed by atoms with Gasteiger partial charge in [-0.1, -0.05) is 35.9 Å². The SMILES string of the molecule is Cc1ccc(-c2nc3cccc(C=O)n3c2C)cc1. The molecule has 0 aliphatic rings. The molecule has 2 aromatic heterocycles. The van der Waals surface area contributed by atoms with Crippen LogP contribution in [0.3, 0.4) is 0 Å². The predicted molar refractivity (Wildman–Crippen MR) is 75.5 cm³/mol. The number of fused-ring (bicyclic) bond motifs is 1. The molecular formula is C16H14N2O. The number of rotatable bonds is 2. The highest BCUT2D eigenvalue weighted by molar-refractivity contribution is 5.76. The summed E-state index contributed by atoms with van der Waals surface area (Å²) in [7, 11) is 0. The van der Waals surface area contributed by atoms with Crippen molar-refractivity contribution < 1.29 is 4.79 Å².